The standard InChI is InChI=1S/C46H29N3OS/c1-28-33(15-9-16-34(28)37-17-10-20-42-43(37)38-14-6-8-19-41(38)51-42)29-21-23-31(24-22-29)45-47-44(30-11-3-2-4-12-30)48-46(49-45)32-25-26-36-35-13-5-7-18-39(35)50-40(36)27-32/h2-27H,1H3/i6D,8D,9D,10D,14D,15D,16D,17D,19D,20D,21D,22D,23D,24D. The van der Waals surface area contributed by atoms with E-state index in [2.05, 4.69) is 4.98 Å². The molecule has 10 aromatic rings. The van der Waals surface area contributed by atoms with Crippen molar-refractivity contribution in [1.29, 1.82) is 0 Å². The van der Waals surface area contributed by atoms with Crippen molar-refractivity contribution in [1.82, 2.24) is 15.0 Å². The number of hydrogen-bond acceptors (Lipinski definition) is 5. The van der Waals surface area contributed by atoms with Gasteiger partial charge in [-0.3, -0.25) is 0 Å². The Morgan fingerprint density at radius 3 is 2.00 bits per heavy atom. The highest BCUT2D eigenvalue weighted by Gasteiger charge is 2.17. The van der Waals surface area contributed by atoms with Crippen LogP contribution in [0.5, 0.6) is 0 Å². The second-order valence-corrected chi connectivity index (χ2v) is 12.8. The fourth-order valence-corrected chi connectivity index (χ4v) is 7.23. The van der Waals surface area contributed by atoms with Crippen LogP contribution in [0.4, 0.5) is 0 Å². The van der Waals surface area contributed by atoms with E-state index in [-0.39, 0.29) is 65.5 Å². The minimum atomic E-state index is -0.701. The molecular formula is C46H29N3OS. The summed E-state index contributed by atoms with van der Waals surface area (Å²) in [4.78, 5) is 14.1. The van der Waals surface area contributed by atoms with Gasteiger partial charge in [0, 0.05) is 47.6 Å². The molecule has 3 aromatic heterocycles. The molecule has 0 aliphatic heterocycles. The molecule has 0 aliphatic rings. The van der Waals surface area contributed by atoms with Crippen molar-refractivity contribution < 1.29 is 23.6 Å². The predicted molar refractivity (Wildman–Crippen MR) is 212 cm³/mol. The summed E-state index contributed by atoms with van der Waals surface area (Å²) in [7, 11) is 0. The van der Waals surface area contributed by atoms with Crippen LogP contribution in [0.15, 0.2) is 162 Å². The Labute approximate surface area is 318 Å². The zero-order valence-electron chi connectivity index (χ0n) is 40.6. The van der Waals surface area contributed by atoms with Gasteiger partial charge in [-0.25, -0.2) is 15.0 Å². The van der Waals surface area contributed by atoms with Gasteiger partial charge in [0.15, 0.2) is 17.5 Å². The van der Waals surface area contributed by atoms with Crippen LogP contribution in [0.2, 0.25) is 0 Å². The van der Waals surface area contributed by atoms with Crippen LogP contribution in [0.25, 0.3) is 98.5 Å². The average molecular weight is 686 g/mol. The molecule has 0 bridgehead atoms. The molecular weight excluding hydrogens is 643 g/mol. The van der Waals surface area contributed by atoms with Crippen molar-refractivity contribution in [3.8, 4) is 56.4 Å². The molecule has 5 heteroatoms. The van der Waals surface area contributed by atoms with Crippen molar-refractivity contribution in [2.75, 3.05) is 0 Å². The van der Waals surface area contributed by atoms with Gasteiger partial charge in [0.05, 0.1) is 19.2 Å². The maximum Gasteiger partial charge on any atom is 0.164 e. The molecule has 0 saturated heterocycles. The number of hydrogen-bond donors (Lipinski definition) is 0. The molecule has 0 saturated carbocycles. The molecule has 0 amide bonds. The smallest absolute Gasteiger partial charge is 0.164 e. The van der Waals surface area contributed by atoms with Crippen molar-refractivity contribution in [3.05, 3.63) is 163 Å². The van der Waals surface area contributed by atoms with Crippen molar-refractivity contribution in [2.45, 2.75) is 6.92 Å². The Bertz CT molecular complexity index is 3710. The van der Waals surface area contributed by atoms with E-state index in [1.54, 1.807) is 30.3 Å². The van der Waals surface area contributed by atoms with Crippen molar-refractivity contribution >= 4 is 53.4 Å². The third-order valence-corrected chi connectivity index (χ3v) is 9.75. The van der Waals surface area contributed by atoms with E-state index in [1.165, 1.54) is 6.92 Å². The highest BCUT2D eigenvalue weighted by atomic mass is 32.1. The molecule has 240 valence electrons. The molecule has 0 fully saturated rings. The largest absolute Gasteiger partial charge is 0.456 e. The summed E-state index contributed by atoms with van der Waals surface area (Å²) in [5.74, 6) is 0.166. The molecule has 0 radical (unpaired) electrons. The number of rotatable bonds is 5. The number of benzene rings is 7. The highest BCUT2D eigenvalue weighted by Crippen LogP contribution is 2.42. The van der Waals surface area contributed by atoms with E-state index in [9.17, 15) is 5.48 Å². The quantitative estimate of drug-likeness (QED) is 0.181. The van der Waals surface area contributed by atoms with Gasteiger partial charge in [-0.05, 0) is 65.0 Å². The van der Waals surface area contributed by atoms with E-state index in [1.807, 2.05) is 42.5 Å². The second kappa shape index (κ2) is 11.9. The summed E-state index contributed by atoms with van der Waals surface area (Å²) in [6.07, 6.45) is 0. The van der Waals surface area contributed by atoms with Gasteiger partial charge in [0.1, 0.15) is 11.2 Å². The summed E-state index contributed by atoms with van der Waals surface area (Å²) in [5.41, 5.74) is 1.01. The Morgan fingerprint density at radius 2 is 1.14 bits per heavy atom. The topological polar surface area (TPSA) is 51.8 Å². The van der Waals surface area contributed by atoms with Crippen LogP contribution in [0.1, 0.15) is 24.8 Å². The van der Waals surface area contributed by atoms with Gasteiger partial charge >= 0.3 is 0 Å². The zero-order chi connectivity index (χ0) is 46.1. The number of aromatic nitrogens is 3. The maximum absolute atomic E-state index is 9.41. The summed E-state index contributed by atoms with van der Waals surface area (Å²) in [5, 5.41) is 1.72. The lowest BCUT2D eigenvalue weighted by Crippen LogP contribution is -2.00. The summed E-state index contributed by atoms with van der Waals surface area (Å²) in [6, 6.07) is 14.2. The van der Waals surface area contributed by atoms with Crippen LogP contribution in [0, 0.1) is 6.92 Å². The molecule has 0 atom stereocenters. The predicted octanol–water partition coefficient (Wildman–Crippen LogP) is 12.8. The SMILES string of the molecule is [2H]c1c([2H])c(-c2c([2H])c([2H])c(-c3nc(-c4ccccc4)nc(-c4ccc5c(c4)oc4ccccc45)n3)c([2H])c2[2H])c(C)c(-c2c([2H])c([2H])c([2H])c3sc4c([2H])c([2H])c([2H])c([2H])c4c23)c1[2H]. The van der Waals surface area contributed by atoms with Crippen molar-refractivity contribution in [2.24, 2.45) is 0 Å². The first kappa shape index (κ1) is 18.5. The second-order valence-electron chi connectivity index (χ2n) is 11.7. The molecule has 0 N–H and O–H groups in total. The Morgan fingerprint density at radius 1 is 0.490 bits per heavy atom. The molecule has 51 heavy (non-hydrogen) atoms. The normalized spacial score (nSPS) is 15.5. The van der Waals surface area contributed by atoms with Crippen LogP contribution in [-0.4, -0.2) is 15.0 Å². The van der Waals surface area contributed by atoms with Gasteiger partial charge in [0.2, 0.25) is 0 Å². The third-order valence-electron chi connectivity index (χ3n) is 8.73. The molecule has 10 rings (SSSR count). The average Bonchev–Trinajstić information content (AvgIpc) is 3.90. The number of thiophene rings is 1. The van der Waals surface area contributed by atoms with Gasteiger partial charge in [-0.1, -0.05) is 127 Å². The lowest BCUT2D eigenvalue weighted by Gasteiger charge is -2.14. The minimum absolute atomic E-state index is 0.0167. The third kappa shape index (κ3) is 5.01. The lowest BCUT2D eigenvalue weighted by atomic mass is 9.90. The molecule has 7 aromatic carbocycles. The fraction of sp³-hybridized carbons (Fsp3) is 0.0217. The van der Waals surface area contributed by atoms with Crippen LogP contribution in [-0.2, 0) is 0 Å². The van der Waals surface area contributed by atoms with E-state index >= 15 is 0 Å². The van der Waals surface area contributed by atoms with E-state index in [0.29, 0.717) is 22.3 Å². The molecule has 0 aliphatic carbocycles. The minimum Gasteiger partial charge on any atom is -0.456 e. The number of nitrogens with zero attached hydrogens (tertiary/aromatic N) is 3. The summed E-state index contributed by atoms with van der Waals surface area (Å²) < 4.78 is 132. The number of fused-ring (bicyclic) bond motifs is 6. The van der Waals surface area contributed by atoms with Gasteiger partial charge < -0.3 is 4.42 Å². The van der Waals surface area contributed by atoms with E-state index < -0.39 is 90.2 Å². The first-order chi connectivity index (χ1) is 31.0. The van der Waals surface area contributed by atoms with Crippen LogP contribution >= 0.6 is 11.3 Å². The Hall–Kier alpha value is -6.43. The fourth-order valence-electron chi connectivity index (χ4n) is 6.26. The number of para-hydroxylation sites is 1. The van der Waals surface area contributed by atoms with Gasteiger partial charge in [0.25, 0.3) is 0 Å². The summed E-state index contributed by atoms with van der Waals surface area (Å²) >= 11 is 0.834. The highest BCUT2D eigenvalue weighted by molar-refractivity contribution is 7.25. The van der Waals surface area contributed by atoms with Gasteiger partial charge in [-0.15, -0.1) is 11.3 Å². The molecule has 0 spiro atoms. The van der Waals surface area contributed by atoms with Crippen LogP contribution < -0.4 is 0 Å². The molecule has 0 unspecified atom stereocenters. The van der Waals surface area contributed by atoms with Crippen molar-refractivity contribution in [3.63, 3.8) is 0 Å². The van der Waals surface area contributed by atoms with E-state index in [4.69, 9.17) is 28.1 Å². The van der Waals surface area contributed by atoms with E-state index in [0.717, 1.165) is 22.1 Å². The monoisotopic (exact) mass is 685 g/mol. The first-order valence-corrected chi connectivity index (χ1v) is 16.7. The van der Waals surface area contributed by atoms with Gasteiger partial charge in [-0.2, -0.15) is 0 Å². The Kier molecular flexibility index (Phi) is 4.31. The maximum atomic E-state index is 9.41. The Balaban J connectivity index is 1.22. The number of furan rings is 1. The van der Waals surface area contributed by atoms with Crippen LogP contribution in [0.3, 0.4) is 0 Å². The lowest BCUT2D eigenvalue weighted by molar-refractivity contribution is 0.669. The molecule has 4 nitrogen and oxygen atoms in total. The summed E-state index contributed by atoms with van der Waals surface area (Å²) in [6.45, 7) is 1.43. The molecule has 3 heterocycles. The first-order valence-electron chi connectivity index (χ1n) is 22.9. The zero-order valence-corrected chi connectivity index (χ0v) is 27.4.